The third-order valence-electron chi connectivity index (χ3n) is 2.89. The average Bonchev–Trinajstić information content (AvgIpc) is 3.05. The highest BCUT2D eigenvalue weighted by molar-refractivity contribution is 7.14. The van der Waals surface area contributed by atoms with Gasteiger partial charge >= 0.3 is 5.69 Å². The number of hydrogen-bond acceptors (Lipinski definition) is 5. The van der Waals surface area contributed by atoms with E-state index in [1.807, 2.05) is 5.38 Å². The van der Waals surface area contributed by atoms with Crippen molar-refractivity contribution in [1.29, 1.82) is 0 Å². The van der Waals surface area contributed by atoms with Crippen LogP contribution in [-0.2, 0) is 0 Å². The van der Waals surface area contributed by atoms with Crippen molar-refractivity contribution in [2.45, 2.75) is 0 Å². The van der Waals surface area contributed by atoms with E-state index in [2.05, 4.69) is 20.1 Å². The smallest absolute Gasteiger partial charge is 0.304 e. The number of nitrogens with zero attached hydrogens (tertiary/aromatic N) is 4. The van der Waals surface area contributed by atoms with E-state index in [-0.39, 0.29) is 5.69 Å². The molecule has 0 saturated heterocycles. The molecule has 4 aromatic heterocycles. The molecule has 0 bridgehead atoms. The maximum absolute atomic E-state index is 12.0. The van der Waals surface area contributed by atoms with Gasteiger partial charge in [-0.15, -0.1) is 16.4 Å². The van der Waals surface area contributed by atoms with Gasteiger partial charge in [0.15, 0.2) is 11.5 Å². The van der Waals surface area contributed by atoms with Gasteiger partial charge in [-0.25, -0.2) is 9.78 Å². The zero-order chi connectivity index (χ0) is 13.7. The molecule has 0 aromatic carbocycles. The summed E-state index contributed by atoms with van der Waals surface area (Å²) in [6.45, 7) is 0. The minimum absolute atomic E-state index is 0.347. The summed E-state index contributed by atoms with van der Waals surface area (Å²) >= 11 is 7.30. The molecular weight excluding hydrogens is 298 g/mol. The number of H-pyrrole nitrogens is 1. The predicted molar refractivity (Wildman–Crippen MR) is 77.2 cm³/mol. The molecule has 0 unspecified atom stereocenters. The van der Waals surface area contributed by atoms with Gasteiger partial charge in [-0.1, -0.05) is 11.6 Å². The Morgan fingerprint density at radius 3 is 3.10 bits per heavy atom. The highest BCUT2D eigenvalue weighted by Crippen LogP contribution is 2.27. The summed E-state index contributed by atoms with van der Waals surface area (Å²) in [6.07, 6.45) is 1.65. The first-order valence-corrected chi connectivity index (χ1v) is 6.96. The number of halogens is 1. The van der Waals surface area contributed by atoms with Crippen LogP contribution in [0.3, 0.4) is 0 Å². The lowest BCUT2D eigenvalue weighted by atomic mass is 10.3. The van der Waals surface area contributed by atoms with Crippen LogP contribution in [0.2, 0.25) is 4.34 Å². The third kappa shape index (κ3) is 1.64. The van der Waals surface area contributed by atoms with Crippen LogP contribution < -0.4 is 5.69 Å². The van der Waals surface area contributed by atoms with E-state index in [0.29, 0.717) is 26.8 Å². The second-order valence-corrected chi connectivity index (χ2v) is 5.68. The second kappa shape index (κ2) is 4.12. The molecular formula is C12H6ClN5OS. The van der Waals surface area contributed by atoms with Gasteiger partial charge < -0.3 is 4.98 Å². The van der Waals surface area contributed by atoms with Crippen molar-refractivity contribution >= 4 is 39.6 Å². The summed E-state index contributed by atoms with van der Waals surface area (Å²) in [5, 5.41) is 6.06. The summed E-state index contributed by atoms with van der Waals surface area (Å²) in [4.78, 5) is 23.4. The predicted octanol–water partition coefficient (Wildman–Crippen LogP) is 2.35. The molecule has 4 aromatic rings. The normalized spacial score (nSPS) is 11.4. The molecule has 0 saturated carbocycles. The molecule has 6 nitrogen and oxygen atoms in total. The van der Waals surface area contributed by atoms with E-state index in [1.165, 1.54) is 15.9 Å². The summed E-state index contributed by atoms with van der Waals surface area (Å²) in [6, 6.07) is 5.30. The number of aromatic amines is 1. The first-order valence-electron chi connectivity index (χ1n) is 5.70. The van der Waals surface area contributed by atoms with E-state index in [0.717, 1.165) is 5.56 Å². The van der Waals surface area contributed by atoms with Gasteiger partial charge in [0, 0.05) is 17.1 Å². The van der Waals surface area contributed by atoms with Crippen molar-refractivity contribution < 1.29 is 0 Å². The lowest BCUT2D eigenvalue weighted by Gasteiger charge is -1.96. The van der Waals surface area contributed by atoms with Crippen molar-refractivity contribution in [1.82, 2.24) is 24.6 Å². The largest absolute Gasteiger partial charge is 0.348 e. The molecule has 0 amide bonds. The first-order chi connectivity index (χ1) is 9.72. The van der Waals surface area contributed by atoms with E-state index in [9.17, 15) is 4.79 Å². The van der Waals surface area contributed by atoms with Crippen LogP contribution in [0.15, 0.2) is 34.6 Å². The van der Waals surface area contributed by atoms with Crippen molar-refractivity contribution in [3.8, 4) is 11.4 Å². The number of thiophene rings is 1. The molecule has 8 heteroatoms. The number of fused-ring (bicyclic) bond motifs is 3. The molecule has 4 heterocycles. The Balaban J connectivity index is 2.10. The van der Waals surface area contributed by atoms with E-state index >= 15 is 0 Å². The highest BCUT2D eigenvalue weighted by atomic mass is 35.5. The standard InChI is InChI=1S/C12H6ClN5OS/c13-8-4-6(5-20-8)10-16-11-9-7(2-1-3-14-9)15-12(19)18(11)17-10/h1-5H,(H,15,19). The van der Waals surface area contributed by atoms with Crippen LogP contribution in [0, 0.1) is 0 Å². The lowest BCUT2D eigenvalue weighted by molar-refractivity contribution is 0.883. The van der Waals surface area contributed by atoms with Crippen LogP contribution >= 0.6 is 22.9 Å². The highest BCUT2D eigenvalue weighted by Gasteiger charge is 2.13. The van der Waals surface area contributed by atoms with Gasteiger partial charge in [-0.05, 0) is 18.2 Å². The molecule has 1 N–H and O–H groups in total. The Hall–Kier alpha value is -2.25. The zero-order valence-electron chi connectivity index (χ0n) is 9.87. The van der Waals surface area contributed by atoms with Crippen LogP contribution in [0.5, 0.6) is 0 Å². The SMILES string of the molecule is O=c1[nH]c2cccnc2c2nc(-c3csc(Cl)c3)nn12. The molecule has 0 aliphatic rings. The summed E-state index contributed by atoms with van der Waals surface area (Å²) in [5.74, 6) is 0.455. The van der Waals surface area contributed by atoms with Crippen LogP contribution in [0.1, 0.15) is 0 Å². The minimum atomic E-state index is -0.347. The fourth-order valence-electron chi connectivity index (χ4n) is 2.01. The lowest BCUT2D eigenvalue weighted by Crippen LogP contribution is -2.17. The average molecular weight is 304 g/mol. The van der Waals surface area contributed by atoms with Crippen molar-refractivity contribution in [2.24, 2.45) is 0 Å². The van der Waals surface area contributed by atoms with Gasteiger partial charge in [0.1, 0.15) is 5.52 Å². The summed E-state index contributed by atoms with van der Waals surface area (Å²) in [7, 11) is 0. The first kappa shape index (κ1) is 11.6. The van der Waals surface area contributed by atoms with Gasteiger partial charge in [0.2, 0.25) is 0 Å². The molecule has 0 fully saturated rings. The number of pyridine rings is 1. The molecule has 0 atom stereocenters. The van der Waals surface area contributed by atoms with Crippen LogP contribution in [0.25, 0.3) is 28.1 Å². The van der Waals surface area contributed by atoms with Crippen molar-refractivity contribution in [2.75, 3.05) is 0 Å². The number of aromatic nitrogens is 5. The fraction of sp³-hybridized carbons (Fsp3) is 0. The molecule has 98 valence electrons. The van der Waals surface area contributed by atoms with E-state index in [4.69, 9.17) is 11.6 Å². The monoisotopic (exact) mass is 303 g/mol. The Labute approximate surface area is 120 Å². The fourth-order valence-corrected chi connectivity index (χ4v) is 2.87. The number of hydrogen-bond donors (Lipinski definition) is 1. The zero-order valence-corrected chi connectivity index (χ0v) is 11.4. The van der Waals surface area contributed by atoms with E-state index in [1.54, 1.807) is 24.4 Å². The molecule has 0 aliphatic heterocycles. The maximum atomic E-state index is 12.0. The number of nitrogens with one attached hydrogen (secondary N) is 1. The van der Waals surface area contributed by atoms with Gasteiger partial charge in [-0.2, -0.15) is 4.52 Å². The molecule has 0 spiro atoms. The Morgan fingerprint density at radius 2 is 2.30 bits per heavy atom. The quantitative estimate of drug-likeness (QED) is 0.585. The molecule has 20 heavy (non-hydrogen) atoms. The Bertz CT molecular complexity index is 1000. The summed E-state index contributed by atoms with van der Waals surface area (Å²) in [5.41, 5.74) is 2.11. The second-order valence-electron chi connectivity index (χ2n) is 4.14. The van der Waals surface area contributed by atoms with Gasteiger partial charge in [0.05, 0.1) is 9.85 Å². The minimum Gasteiger partial charge on any atom is -0.304 e. The van der Waals surface area contributed by atoms with Gasteiger partial charge in [0.25, 0.3) is 0 Å². The third-order valence-corrected chi connectivity index (χ3v) is 3.98. The summed E-state index contributed by atoms with van der Waals surface area (Å²) < 4.78 is 1.87. The number of rotatable bonds is 1. The Morgan fingerprint density at radius 1 is 1.40 bits per heavy atom. The molecule has 0 aliphatic carbocycles. The van der Waals surface area contributed by atoms with Gasteiger partial charge in [-0.3, -0.25) is 4.98 Å². The van der Waals surface area contributed by atoms with Crippen molar-refractivity contribution in [3.05, 3.63) is 44.6 Å². The molecule has 0 radical (unpaired) electrons. The Kier molecular flexibility index (Phi) is 2.38. The topological polar surface area (TPSA) is 75.9 Å². The van der Waals surface area contributed by atoms with Crippen molar-refractivity contribution in [3.63, 3.8) is 0 Å². The molecule has 4 rings (SSSR count). The van der Waals surface area contributed by atoms with E-state index < -0.39 is 0 Å². The van der Waals surface area contributed by atoms with Crippen LogP contribution in [-0.4, -0.2) is 24.6 Å². The maximum Gasteiger partial charge on any atom is 0.348 e. The van der Waals surface area contributed by atoms with Crippen LogP contribution in [0.4, 0.5) is 0 Å².